The number of hydrazine groups is 1. The van der Waals surface area contributed by atoms with E-state index in [0.717, 1.165) is 10.8 Å². The molecule has 0 aliphatic heterocycles. The number of hydrogen-bond acceptors (Lipinski definition) is 7. The van der Waals surface area contributed by atoms with Crippen LogP contribution in [0.5, 0.6) is 17.4 Å². The number of benzene rings is 3. The van der Waals surface area contributed by atoms with Gasteiger partial charge in [-0.25, -0.2) is 4.98 Å². The molecule has 4 N–H and O–H groups in total. The molecule has 8 nitrogen and oxygen atoms in total. The fourth-order valence-corrected chi connectivity index (χ4v) is 2.78. The van der Waals surface area contributed by atoms with Crippen molar-refractivity contribution in [2.24, 2.45) is 0 Å². The molecule has 150 valence electrons. The normalized spacial score (nSPS) is 10.4. The minimum Gasteiger partial charge on any atom is -0.484 e. The summed E-state index contributed by atoms with van der Waals surface area (Å²) in [6.45, 7) is -0.165. The number of rotatable bonds is 7. The molecule has 30 heavy (non-hydrogen) atoms. The summed E-state index contributed by atoms with van der Waals surface area (Å²) in [5, 5.41) is 1.96. The van der Waals surface area contributed by atoms with Crippen LogP contribution in [-0.2, 0) is 4.79 Å². The molecule has 1 amide bonds. The summed E-state index contributed by atoms with van der Waals surface area (Å²) >= 11 is 0. The van der Waals surface area contributed by atoms with Crippen LogP contribution in [0.25, 0.3) is 10.8 Å². The second-order valence-electron chi connectivity index (χ2n) is 6.30. The monoisotopic (exact) mass is 401 g/mol. The van der Waals surface area contributed by atoms with Gasteiger partial charge in [-0.2, -0.15) is 4.98 Å². The highest BCUT2D eigenvalue weighted by molar-refractivity contribution is 5.88. The van der Waals surface area contributed by atoms with Gasteiger partial charge in [0, 0.05) is 5.39 Å². The third kappa shape index (κ3) is 4.39. The summed E-state index contributed by atoms with van der Waals surface area (Å²) in [6, 6.07) is 22.6. The summed E-state index contributed by atoms with van der Waals surface area (Å²) in [7, 11) is 0. The van der Waals surface area contributed by atoms with E-state index in [0.29, 0.717) is 11.5 Å². The van der Waals surface area contributed by atoms with Crippen LogP contribution < -0.4 is 26.1 Å². The van der Waals surface area contributed by atoms with Gasteiger partial charge in [-0.05, 0) is 23.6 Å². The predicted molar refractivity (Wildman–Crippen MR) is 114 cm³/mol. The smallest absolute Gasteiger partial charge is 0.276 e. The molecule has 0 saturated heterocycles. The molecule has 0 atom stereocenters. The van der Waals surface area contributed by atoms with Crippen LogP contribution >= 0.6 is 0 Å². The number of hydrogen-bond donors (Lipinski definition) is 3. The average molecular weight is 401 g/mol. The third-order valence-electron chi connectivity index (χ3n) is 4.24. The van der Waals surface area contributed by atoms with E-state index in [1.165, 1.54) is 6.33 Å². The number of nitrogens with one attached hydrogen (secondary N) is 2. The number of para-hydroxylation sites is 1. The molecule has 1 heterocycles. The molecular weight excluding hydrogens is 382 g/mol. The molecule has 8 heteroatoms. The Kier molecular flexibility index (Phi) is 5.56. The highest BCUT2D eigenvalue weighted by Gasteiger charge is 2.13. The standard InChI is InChI=1S/C22H19N5O3/c23-20-21(27-26-19(28)13-29-16-9-2-1-3-10-16)24-14-25-22(20)30-18-12-6-8-15-7-4-5-11-17(15)18/h1-12,14H,13,23H2,(H,26,28)(H,24,25,27). The second kappa shape index (κ2) is 8.78. The number of carbonyl (C=O) groups excluding carboxylic acids is 1. The lowest BCUT2D eigenvalue weighted by Gasteiger charge is -2.13. The zero-order chi connectivity index (χ0) is 20.8. The zero-order valence-corrected chi connectivity index (χ0v) is 15.9. The molecule has 1 aromatic heterocycles. The number of nitrogens with two attached hydrogens (primary N) is 1. The van der Waals surface area contributed by atoms with Crippen LogP contribution in [0.3, 0.4) is 0 Å². The molecule has 4 aromatic rings. The number of amides is 1. The first-order valence-corrected chi connectivity index (χ1v) is 9.19. The maximum absolute atomic E-state index is 12.0. The molecule has 0 radical (unpaired) electrons. The fraction of sp³-hybridized carbons (Fsp3) is 0.0455. The summed E-state index contributed by atoms with van der Waals surface area (Å²) < 4.78 is 11.3. The lowest BCUT2D eigenvalue weighted by Crippen LogP contribution is -2.34. The van der Waals surface area contributed by atoms with Gasteiger partial charge < -0.3 is 15.2 Å². The molecule has 3 aromatic carbocycles. The lowest BCUT2D eigenvalue weighted by atomic mass is 10.1. The van der Waals surface area contributed by atoms with E-state index in [4.69, 9.17) is 15.2 Å². The lowest BCUT2D eigenvalue weighted by molar-refractivity contribution is -0.122. The Morgan fingerprint density at radius 3 is 2.57 bits per heavy atom. The topological polar surface area (TPSA) is 111 Å². The van der Waals surface area contributed by atoms with Crippen molar-refractivity contribution in [3.63, 3.8) is 0 Å². The first-order valence-electron chi connectivity index (χ1n) is 9.19. The number of ether oxygens (including phenoxy) is 2. The Bertz CT molecular complexity index is 1160. The number of nitrogens with zero attached hydrogens (tertiary/aromatic N) is 2. The Morgan fingerprint density at radius 2 is 1.70 bits per heavy atom. The fourth-order valence-electron chi connectivity index (χ4n) is 2.78. The van der Waals surface area contributed by atoms with E-state index < -0.39 is 5.91 Å². The Balaban J connectivity index is 1.42. The van der Waals surface area contributed by atoms with Gasteiger partial charge in [-0.1, -0.05) is 54.6 Å². The third-order valence-corrected chi connectivity index (χ3v) is 4.24. The van der Waals surface area contributed by atoms with Crippen LogP contribution in [-0.4, -0.2) is 22.5 Å². The van der Waals surface area contributed by atoms with E-state index in [-0.39, 0.29) is 24.0 Å². The van der Waals surface area contributed by atoms with E-state index >= 15 is 0 Å². The number of anilines is 2. The van der Waals surface area contributed by atoms with Crippen LogP contribution in [0.4, 0.5) is 11.5 Å². The molecule has 0 fully saturated rings. The van der Waals surface area contributed by atoms with Crippen molar-refractivity contribution < 1.29 is 14.3 Å². The molecule has 0 bridgehead atoms. The van der Waals surface area contributed by atoms with Gasteiger partial charge in [0.15, 0.2) is 12.4 Å². The van der Waals surface area contributed by atoms with Crippen molar-refractivity contribution >= 4 is 28.2 Å². The molecule has 0 aliphatic rings. The second-order valence-corrected chi connectivity index (χ2v) is 6.30. The van der Waals surface area contributed by atoms with Crippen molar-refractivity contribution in [1.29, 1.82) is 0 Å². The molecule has 4 rings (SSSR count). The van der Waals surface area contributed by atoms with Crippen molar-refractivity contribution in [2.75, 3.05) is 17.8 Å². The molecule has 0 unspecified atom stereocenters. The number of carbonyl (C=O) groups is 1. The SMILES string of the molecule is Nc1c(NNC(=O)COc2ccccc2)ncnc1Oc1cccc2ccccc12. The van der Waals surface area contributed by atoms with Crippen molar-refractivity contribution in [3.05, 3.63) is 79.1 Å². The van der Waals surface area contributed by atoms with Gasteiger partial charge in [-0.3, -0.25) is 15.6 Å². The number of nitrogen functional groups attached to an aromatic ring is 1. The Labute approximate surface area is 172 Å². The van der Waals surface area contributed by atoms with Gasteiger partial charge in [-0.15, -0.1) is 0 Å². The minimum absolute atomic E-state index is 0.162. The maximum Gasteiger partial charge on any atom is 0.276 e. The highest BCUT2D eigenvalue weighted by Crippen LogP contribution is 2.33. The molecule has 0 aliphatic carbocycles. The van der Waals surface area contributed by atoms with Gasteiger partial charge in [0.1, 0.15) is 23.5 Å². The first-order chi connectivity index (χ1) is 14.7. The quantitative estimate of drug-likeness (QED) is 0.406. The average Bonchev–Trinajstić information content (AvgIpc) is 2.79. The van der Waals surface area contributed by atoms with Gasteiger partial charge in [0.2, 0.25) is 5.88 Å². The first kappa shape index (κ1) is 19.0. The summed E-state index contributed by atoms with van der Waals surface area (Å²) in [4.78, 5) is 20.2. The largest absolute Gasteiger partial charge is 0.484 e. The van der Waals surface area contributed by atoms with Crippen LogP contribution in [0.1, 0.15) is 0 Å². The van der Waals surface area contributed by atoms with E-state index in [2.05, 4.69) is 20.8 Å². The van der Waals surface area contributed by atoms with Crippen LogP contribution in [0.15, 0.2) is 79.1 Å². The van der Waals surface area contributed by atoms with E-state index in [1.54, 1.807) is 12.1 Å². The van der Waals surface area contributed by atoms with Gasteiger partial charge in [0.25, 0.3) is 5.91 Å². The Hall–Kier alpha value is -4.33. The predicted octanol–water partition coefficient (Wildman–Crippen LogP) is 3.53. The Morgan fingerprint density at radius 1 is 0.933 bits per heavy atom. The summed E-state index contributed by atoms with van der Waals surface area (Å²) in [5.74, 6) is 1.21. The maximum atomic E-state index is 12.0. The van der Waals surface area contributed by atoms with Crippen molar-refractivity contribution in [3.8, 4) is 17.4 Å². The van der Waals surface area contributed by atoms with Crippen LogP contribution in [0.2, 0.25) is 0 Å². The van der Waals surface area contributed by atoms with E-state index in [1.807, 2.05) is 60.7 Å². The molecular formula is C22H19N5O3. The summed E-state index contributed by atoms with van der Waals surface area (Å²) in [5.41, 5.74) is 11.5. The van der Waals surface area contributed by atoms with E-state index in [9.17, 15) is 4.79 Å². The highest BCUT2D eigenvalue weighted by atomic mass is 16.5. The number of aromatic nitrogens is 2. The van der Waals surface area contributed by atoms with Gasteiger partial charge in [0.05, 0.1) is 0 Å². The van der Waals surface area contributed by atoms with Gasteiger partial charge >= 0.3 is 0 Å². The minimum atomic E-state index is -0.395. The molecule has 0 spiro atoms. The van der Waals surface area contributed by atoms with Crippen molar-refractivity contribution in [2.45, 2.75) is 0 Å². The zero-order valence-electron chi connectivity index (χ0n) is 15.9. The summed E-state index contributed by atoms with van der Waals surface area (Å²) in [6.07, 6.45) is 1.30. The molecule has 0 saturated carbocycles. The van der Waals surface area contributed by atoms with Crippen molar-refractivity contribution in [1.82, 2.24) is 15.4 Å². The van der Waals surface area contributed by atoms with Crippen LogP contribution in [0, 0.1) is 0 Å². The number of fused-ring (bicyclic) bond motifs is 1.